The molecule has 0 aromatic heterocycles. The summed E-state index contributed by atoms with van der Waals surface area (Å²) in [5, 5.41) is 3.27. The number of allylic oxidation sites excluding steroid dienone is 1. The highest BCUT2D eigenvalue weighted by Gasteiger charge is 2.25. The number of aryl methyl sites for hydroxylation is 1. The number of alkyl halides is 3. The van der Waals surface area contributed by atoms with Crippen LogP contribution in [0, 0.1) is 6.92 Å². The summed E-state index contributed by atoms with van der Waals surface area (Å²) in [6, 6.07) is 6.71. The average molecular weight is 241 g/mol. The van der Waals surface area contributed by atoms with E-state index in [2.05, 4.69) is 10.0 Å². The molecule has 0 aliphatic rings. The molecule has 6 heteroatoms. The predicted molar refractivity (Wildman–Crippen MR) is 59.0 cm³/mol. The van der Waals surface area contributed by atoms with Crippen LogP contribution >= 0.6 is 0 Å². The number of rotatable bonds is 3. The molecule has 0 amide bonds. The van der Waals surface area contributed by atoms with Gasteiger partial charge in [-0.25, -0.2) is 0 Å². The predicted octanol–water partition coefficient (Wildman–Crippen LogP) is 4.60. The smallest absolute Gasteiger partial charge is 0.171 e. The summed E-state index contributed by atoms with van der Waals surface area (Å²) in [4.78, 5) is 2.52. The average Bonchev–Trinajstić information content (AvgIpc) is 2.24. The highest BCUT2D eigenvalue weighted by molar-refractivity contribution is 5.64. The molecule has 0 aliphatic carbocycles. The van der Waals surface area contributed by atoms with Gasteiger partial charge in [-0.15, -0.1) is 0 Å². The molecular formula is C11H10F3N3. The van der Waals surface area contributed by atoms with Crippen molar-refractivity contribution in [3.8, 4) is 0 Å². The maximum atomic E-state index is 12.1. The third-order valence-corrected chi connectivity index (χ3v) is 2.03. The van der Waals surface area contributed by atoms with Gasteiger partial charge in [0.2, 0.25) is 0 Å². The number of benzene rings is 1. The molecule has 3 nitrogen and oxygen atoms in total. The summed E-state index contributed by atoms with van der Waals surface area (Å²) >= 11 is 0. The molecule has 0 bridgehead atoms. The fraction of sp³-hybridized carbons (Fsp3) is 0.273. The molecule has 0 atom stereocenters. The second-order valence-corrected chi connectivity index (χ2v) is 3.46. The summed E-state index contributed by atoms with van der Waals surface area (Å²) in [5.41, 5.74) is 9.76. The molecule has 0 unspecified atom stereocenters. The van der Waals surface area contributed by atoms with Crippen LogP contribution in [0.5, 0.6) is 0 Å². The summed E-state index contributed by atoms with van der Waals surface area (Å²) in [6.45, 7) is 1.86. The van der Waals surface area contributed by atoms with Gasteiger partial charge in [0.15, 0.2) is 0 Å². The van der Waals surface area contributed by atoms with E-state index in [0.29, 0.717) is 5.56 Å². The first-order valence-corrected chi connectivity index (χ1v) is 4.81. The van der Waals surface area contributed by atoms with E-state index < -0.39 is 12.6 Å². The van der Waals surface area contributed by atoms with Gasteiger partial charge >= 0.3 is 6.18 Å². The van der Waals surface area contributed by atoms with Crippen LogP contribution in [0.3, 0.4) is 0 Å². The quantitative estimate of drug-likeness (QED) is 0.422. The highest BCUT2D eigenvalue weighted by Crippen LogP contribution is 2.24. The maximum Gasteiger partial charge on any atom is 0.392 e. The number of nitrogens with zero attached hydrogens (tertiary/aromatic N) is 3. The van der Waals surface area contributed by atoms with E-state index in [9.17, 15) is 13.2 Å². The lowest BCUT2D eigenvalue weighted by molar-refractivity contribution is -0.124. The first-order chi connectivity index (χ1) is 7.92. The number of hydrogen-bond donors (Lipinski definition) is 0. The van der Waals surface area contributed by atoms with Crippen LogP contribution in [0.4, 0.5) is 13.2 Å². The van der Waals surface area contributed by atoms with E-state index in [0.717, 1.165) is 11.6 Å². The Morgan fingerprint density at radius 3 is 2.41 bits per heavy atom. The Bertz CT molecular complexity index is 454. The maximum absolute atomic E-state index is 12.1. The lowest BCUT2D eigenvalue weighted by Crippen LogP contribution is -2.04. The second kappa shape index (κ2) is 5.41. The standard InChI is InChI=1S/C11H10F3N3/c1-8-2-4-9(5-3-8)10(16-17-15)6-7-11(12,13)14/h2-6H,7H2,1H3. The first kappa shape index (κ1) is 13.1. The normalized spacial score (nSPS) is 12.1. The molecule has 1 aromatic carbocycles. The molecule has 0 heterocycles. The Hall–Kier alpha value is -1.94. The molecule has 0 radical (unpaired) electrons. The van der Waals surface area contributed by atoms with E-state index in [-0.39, 0.29) is 5.70 Å². The monoisotopic (exact) mass is 241 g/mol. The Labute approximate surface area is 96.2 Å². The van der Waals surface area contributed by atoms with Gasteiger partial charge in [0.05, 0.1) is 6.42 Å². The van der Waals surface area contributed by atoms with Crippen molar-refractivity contribution in [2.45, 2.75) is 19.5 Å². The van der Waals surface area contributed by atoms with E-state index in [1.54, 1.807) is 24.3 Å². The molecule has 0 saturated carbocycles. The van der Waals surface area contributed by atoms with Crippen molar-refractivity contribution < 1.29 is 13.2 Å². The van der Waals surface area contributed by atoms with E-state index in [4.69, 9.17) is 5.53 Å². The van der Waals surface area contributed by atoms with Gasteiger partial charge in [-0.1, -0.05) is 41.0 Å². The zero-order chi connectivity index (χ0) is 12.9. The van der Waals surface area contributed by atoms with Crippen LogP contribution in [0.2, 0.25) is 0 Å². The van der Waals surface area contributed by atoms with Crippen LogP contribution in [0.25, 0.3) is 16.1 Å². The van der Waals surface area contributed by atoms with Crippen LogP contribution < -0.4 is 0 Å². The molecule has 0 aliphatic heterocycles. The number of azide groups is 1. The second-order valence-electron chi connectivity index (χ2n) is 3.46. The van der Waals surface area contributed by atoms with Gasteiger partial charge in [0.1, 0.15) is 0 Å². The van der Waals surface area contributed by atoms with Crippen LogP contribution in [0.1, 0.15) is 17.5 Å². The van der Waals surface area contributed by atoms with Gasteiger partial charge in [0, 0.05) is 10.6 Å². The Kier molecular flexibility index (Phi) is 4.17. The van der Waals surface area contributed by atoms with Crippen molar-refractivity contribution in [3.05, 3.63) is 51.9 Å². The van der Waals surface area contributed by atoms with Crippen LogP contribution in [-0.4, -0.2) is 6.18 Å². The summed E-state index contributed by atoms with van der Waals surface area (Å²) in [5.74, 6) is 0. The lowest BCUT2D eigenvalue weighted by atomic mass is 10.1. The SMILES string of the molecule is Cc1ccc(C(=CCC(F)(F)F)N=[N+]=[N-])cc1. The minimum atomic E-state index is -4.30. The topological polar surface area (TPSA) is 48.8 Å². The third-order valence-electron chi connectivity index (χ3n) is 2.03. The number of hydrogen-bond acceptors (Lipinski definition) is 1. The highest BCUT2D eigenvalue weighted by atomic mass is 19.4. The largest absolute Gasteiger partial charge is 0.392 e. The molecular weight excluding hydrogens is 231 g/mol. The molecule has 0 N–H and O–H groups in total. The summed E-state index contributed by atoms with van der Waals surface area (Å²) in [6.07, 6.45) is -4.54. The zero-order valence-corrected chi connectivity index (χ0v) is 9.07. The molecule has 1 rings (SSSR count). The van der Waals surface area contributed by atoms with Gasteiger partial charge in [-0.05, 0) is 18.0 Å². The minimum absolute atomic E-state index is 0.00942. The lowest BCUT2D eigenvalue weighted by Gasteiger charge is -2.04. The van der Waals surface area contributed by atoms with Gasteiger partial charge in [-0.2, -0.15) is 13.2 Å². The zero-order valence-electron chi connectivity index (χ0n) is 9.07. The van der Waals surface area contributed by atoms with E-state index in [1.807, 2.05) is 6.92 Å². The first-order valence-electron chi connectivity index (χ1n) is 4.81. The Morgan fingerprint density at radius 1 is 1.35 bits per heavy atom. The van der Waals surface area contributed by atoms with Crippen molar-refractivity contribution in [2.75, 3.05) is 0 Å². The van der Waals surface area contributed by atoms with Gasteiger partial charge < -0.3 is 0 Å². The van der Waals surface area contributed by atoms with Crippen LogP contribution in [0.15, 0.2) is 35.5 Å². The number of halogens is 3. The molecule has 0 saturated heterocycles. The fourth-order valence-corrected chi connectivity index (χ4v) is 1.20. The summed E-state index contributed by atoms with van der Waals surface area (Å²) in [7, 11) is 0. The van der Waals surface area contributed by atoms with Crippen molar-refractivity contribution >= 4 is 5.70 Å². The van der Waals surface area contributed by atoms with Crippen LogP contribution in [-0.2, 0) is 0 Å². The third kappa shape index (κ3) is 4.61. The van der Waals surface area contributed by atoms with E-state index >= 15 is 0 Å². The van der Waals surface area contributed by atoms with E-state index in [1.165, 1.54) is 0 Å². The molecule has 90 valence electrons. The minimum Gasteiger partial charge on any atom is -0.171 e. The van der Waals surface area contributed by atoms with Gasteiger partial charge in [-0.3, -0.25) is 0 Å². The molecule has 17 heavy (non-hydrogen) atoms. The van der Waals surface area contributed by atoms with Crippen molar-refractivity contribution in [2.24, 2.45) is 5.11 Å². The van der Waals surface area contributed by atoms with Crippen molar-refractivity contribution in [1.82, 2.24) is 0 Å². The fourth-order valence-electron chi connectivity index (χ4n) is 1.20. The molecule has 0 fully saturated rings. The summed E-state index contributed by atoms with van der Waals surface area (Å²) < 4.78 is 36.2. The molecule has 1 aromatic rings. The Balaban J connectivity index is 3.01. The van der Waals surface area contributed by atoms with Crippen molar-refractivity contribution in [1.29, 1.82) is 0 Å². The molecule has 0 spiro atoms. The van der Waals surface area contributed by atoms with Gasteiger partial charge in [0.25, 0.3) is 0 Å². The Morgan fingerprint density at radius 2 is 1.94 bits per heavy atom. The van der Waals surface area contributed by atoms with Crippen molar-refractivity contribution in [3.63, 3.8) is 0 Å².